The normalized spacial score (nSPS) is 18.4. The summed E-state index contributed by atoms with van der Waals surface area (Å²) < 4.78 is 7.45. The number of nitrogens with one attached hydrogen (secondary N) is 1. The maximum absolute atomic E-state index is 13.5. The number of nitrogens with zero attached hydrogens (tertiary/aromatic N) is 2. The molecule has 6 nitrogen and oxygen atoms in total. The largest absolute Gasteiger partial charge is 0.467 e. The topological polar surface area (TPSA) is 67.5 Å². The Morgan fingerprint density at radius 1 is 1.26 bits per heavy atom. The van der Waals surface area contributed by atoms with Gasteiger partial charge in [-0.15, -0.1) is 11.3 Å². The number of fused-ring (bicyclic) bond motifs is 3. The Morgan fingerprint density at radius 2 is 2.06 bits per heavy atom. The van der Waals surface area contributed by atoms with Crippen LogP contribution in [-0.4, -0.2) is 26.8 Å². The van der Waals surface area contributed by atoms with E-state index in [-0.39, 0.29) is 18.4 Å². The van der Waals surface area contributed by atoms with E-state index in [0.29, 0.717) is 29.6 Å². The maximum Gasteiger partial charge on any atom is 0.271 e. The highest BCUT2D eigenvalue weighted by Crippen LogP contribution is 2.35. The smallest absolute Gasteiger partial charge is 0.271 e. The van der Waals surface area contributed by atoms with Crippen LogP contribution in [0.15, 0.2) is 64.6 Å². The molecule has 4 heterocycles. The zero-order valence-corrected chi connectivity index (χ0v) is 18.4. The predicted octanol–water partition coefficient (Wildman–Crippen LogP) is 4.68. The van der Waals surface area contributed by atoms with Crippen LogP contribution in [0, 0.1) is 0 Å². The predicted molar refractivity (Wildman–Crippen MR) is 120 cm³/mol. The van der Waals surface area contributed by atoms with Gasteiger partial charge in [0.05, 0.1) is 19.4 Å². The number of hydrogen-bond donors (Lipinski definition) is 1. The van der Waals surface area contributed by atoms with Gasteiger partial charge in [0.15, 0.2) is 0 Å². The number of rotatable bonds is 5. The average molecular weight is 454 g/mol. The fourth-order valence-corrected chi connectivity index (χ4v) is 5.06. The molecular weight excluding hydrogens is 434 g/mol. The summed E-state index contributed by atoms with van der Waals surface area (Å²) in [6.07, 6.45) is 1.57. The molecule has 158 valence electrons. The molecule has 0 aliphatic carbocycles. The number of carbonyl (C=O) groups excluding carboxylic acids is 2. The Morgan fingerprint density at radius 3 is 2.81 bits per heavy atom. The van der Waals surface area contributed by atoms with Crippen LogP contribution in [0.1, 0.15) is 28.7 Å². The van der Waals surface area contributed by atoms with Gasteiger partial charge >= 0.3 is 0 Å². The van der Waals surface area contributed by atoms with E-state index in [0.717, 1.165) is 15.8 Å². The Balaban J connectivity index is 1.49. The van der Waals surface area contributed by atoms with Gasteiger partial charge in [-0.2, -0.15) is 0 Å². The van der Waals surface area contributed by atoms with Crippen LogP contribution in [0.2, 0.25) is 5.02 Å². The highest BCUT2D eigenvalue weighted by atomic mass is 35.5. The highest BCUT2D eigenvalue weighted by molar-refractivity contribution is 7.16. The van der Waals surface area contributed by atoms with Crippen molar-refractivity contribution in [3.05, 3.63) is 82.2 Å². The fourth-order valence-electron chi connectivity index (χ4n) is 4.04. The van der Waals surface area contributed by atoms with Crippen LogP contribution >= 0.6 is 22.9 Å². The molecule has 2 amide bonds. The summed E-state index contributed by atoms with van der Waals surface area (Å²) in [6, 6.07) is 14.8. The third kappa shape index (κ3) is 3.43. The molecule has 1 atom stereocenters. The summed E-state index contributed by atoms with van der Waals surface area (Å²) >= 11 is 7.53. The molecular formula is C23H20ClN3O3S. The van der Waals surface area contributed by atoms with Crippen molar-refractivity contribution in [1.29, 1.82) is 0 Å². The van der Waals surface area contributed by atoms with E-state index < -0.39 is 5.54 Å². The number of furan rings is 1. The second kappa shape index (κ2) is 7.59. The number of halogens is 1. The van der Waals surface area contributed by atoms with Gasteiger partial charge in [-0.3, -0.25) is 9.59 Å². The Bertz CT molecular complexity index is 1260. The molecule has 0 bridgehead atoms. The molecule has 0 spiro atoms. The first kappa shape index (κ1) is 19.9. The van der Waals surface area contributed by atoms with E-state index in [1.807, 2.05) is 47.2 Å². The molecule has 1 aliphatic rings. The lowest BCUT2D eigenvalue weighted by Crippen LogP contribution is -2.63. The minimum atomic E-state index is -1.08. The van der Waals surface area contributed by atoms with Gasteiger partial charge < -0.3 is 19.2 Å². The first-order valence-electron chi connectivity index (χ1n) is 9.89. The first-order chi connectivity index (χ1) is 15.0. The molecule has 3 aromatic heterocycles. The number of hydrogen-bond acceptors (Lipinski definition) is 4. The zero-order chi connectivity index (χ0) is 21.6. The lowest BCUT2D eigenvalue weighted by Gasteiger charge is -2.43. The monoisotopic (exact) mass is 453 g/mol. The van der Waals surface area contributed by atoms with Crippen molar-refractivity contribution < 1.29 is 14.0 Å². The van der Waals surface area contributed by atoms with Crippen LogP contribution in [0.3, 0.4) is 0 Å². The van der Waals surface area contributed by atoms with E-state index in [4.69, 9.17) is 16.0 Å². The minimum Gasteiger partial charge on any atom is -0.467 e. The van der Waals surface area contributed by atoms with Gasteiger partial charge in [-0.1, -0.05) is 23.7 Å². The molecule has 5 rings (SSSR count). The van der Waals surface area contributed by atoms with Gasteiger partial charge in [0.1, 0.15) is 21.8 Å². The molecule has 0 saturated heterocycles. The third-order valence-electron chi connectivity index (χ3n) is 5.78. The molecule has 0 radical (unpaired) electrons. The molecule has 31 heavy (non-hydrogen) atoms. The molecule has 0 fully saturated rings. The standard InChI is InChI=1S/C23H20ClN3O3S/c1-23(22(29)25-12-15-4-6-17(24)7-5-15)14-26-19(11-16-8-10-31-21(16)26)20(28)27(23)13-18-3-2-9-30-18/h2-11H,12-14H2,1H3,(H,25,29)/t23-/m1/s1. The summed E-state index contributed by atoms with van der Waals surface area (Å²) in [5, 5.41) is 6.66. The van der Waals surface area contributed by atoms with Crippen molar-refractivity contribution in [2.45, 2.75) is 32.1 Å². The number of carbonyl (C=O) groups is 2. The summed E-state index contributed by atoms with van der Waals surface area (Å²) in [5.41, 5.74) is 0.443. The van der Waals surface area contributed by atoms with Crippen LogP contribution in [0.5, 0.6) is 0 Å². The van der Waals surface area contributed by atoms with E-state index >= 15 is 0 Å². The molecule has 4 aromatic rings. The SMILES string of the molecule is C[C@]1(C(=O)NCc2ccc(Cl)cc2)Cn2c(cc3ccsc32)C(=O)N1Cc1ccco1. The number of benzene rings is 1. The van der Waals surface area contributed by atoms with Gasteiger partial charge in [-0.25, -0.2) is 0 Å². The average Bonchev–Trinajstić information content (AvgIpc) is 3.49. The van der Waals surface area contributed by atoms with Gasteiger partial charge in [0, 0.05) is 17.0 Å². The van der Waals surface area contributed by atoms with Gasteiger partial charge in [-0.05, 0) is 54.3 Å². The van der Waals surface area contributed by atoms with E-state index in [9.17, 15) is 9.59 Å². The Hall–Kier alpha value is -3.03. The molecule has 1 N–H and O–H groups in total. The molecule has 0 saturated carbocycles. The second-order valence-corrected chi connectivity index (χ2v) is 9.18. The van der Waals surface area contributed by atoms with Crippen molar-refractivity contribution in [3.8, 4) is 0 Å². The van der Waals surface area contributed by atoms with Crippen molar-refractivity contribution in [1.82, 2.24) is 14.8 Å². The lowest BCUT2D eigenvalue weighted by molar-refractivity contribution is -0.133. The number of amides is 2. The molecule has 1 aliphatic heterocycles. The van der Waals surface area contributed by atoms with E-state index in [1.54, 1.807) is 40.7 Å². The number of thiophene rings is 1. The summed E-state index contributed by atoms with van der Waals surface area (Å²) in [5.74, 6) is 0.230. The van der Waals surface area contributed by atoms with Crippen LogP contribution < -0.4 is 5.32 Å². The molecule has 8 heteroatoms. The second-order valence-electron chi connectivity index (χ2n) is 7.85. The zero-order valence-electron chi connectivity index (χ0n) is 16.8. The van der Waals surface area contributed by atoms with Crippen molar-refractivity contribution in [2.75, 3.05) is 0 Å². The van der Waals surface area contributed by atoms with Crippen LogP contribution in [0.25, 0.3) is 10.2 Å². The first-order valence-corrected chi connectivity index (χ1v) is 11.2. The van der Waals surface area contributed by atoms with Crippen molar-refractivity contribution in [2.24, 2.45) is 0 Å². The maximum atomic E-state index is 13.5. The van der Waals surface area contributed by atoms with Crippen molar-refractivity contribution in [3.63, 3.8) is 0 Å². The van der Waals surface area contributed by atoms with Crippen LogP contribution in [-0.2, 0) is 24.4 Å². The van der Waals surface area contributed by atoms with E-state index in [1.165, 1.54) is 0 Å². The highest BCUT2D eigenvalue weighted by Gasteiger charge is 2.48. The lowest BCUT2D eigenvalue weighted by atomic mass is 9.94. The Labute approximate surface area is 188 Å². The quantitative estimate of drug-likeness (QED) is 0.477. The minimum absolute atomic E-state index is 0.185. The van der Waals surface area contributed by atoms with E-state index in [2.05, 4.69) is 5.32 Å². The number of aromatic nitrogens is 1. The Kier molecular flexibility index (Phi) is 4.87. The van der Waals surface area contributed by atoms with Gasteiger partial charge in [0.2, 0.25) is 5.91 Å². The summed E-state index contributed by atoms with van der Waals surface area (Å²) in [6.45, 7) is 2.75. The van der Waals surface area contributed by atoms with Gasteiger partial charge in [0.25, 0.3) is 5.91 Å². The summed E-state index contributed by atoms with van der Waals surface area (Å²) in [4.78, 5) is 29.6. The van der Waals surface area contributed by atoms with Crippen molar-refractivity contribution >= 4 is 45.0 Å². The molecule has 1 aromatic carbocycles. The summed E-state index contributed by atoms with van der Waals surface area (Å²) in [7, 11) is 0. The fraction of sp³-hybridized carbons (Fsp3) is 0.217. The van der Waals surface area contributed by atoms with Crippen LogP contribution in [0.4, 0.5) is 0 Å². The molecule has 0 unspecified atom stereocenters. The third-order valence-corrected chi connectivity index (χ3v) is 6.98.